The molecule has 0 saturated heterocycles. The van der Waals surface area contributed by atoms with Crippen molar-refractivity contribution in [1.29, 1.82) is 0 Å². The van der Waals surface area contributed by atoms with Crippen molar-refractivity contribution in [1.82, 2.24) is 14.5 Å². The molecule has 0 spiro atoms. The van der Waals surface area contributed by atoms with Crippen LogP contribution in [0.3, 0.4) is 0 Å². The van der Waals surface area contributed by atoms with Crippen LogP contribution in [0.25, 0.3) is 94.7 Å². The highest BCUT2D eigenvalue weighted by Gasteiger charge is 2.25. The van der Waals surface area contributed by atoms with Crippen LogP contribution in [0.15, 0.2) is 205 Å². The van der Waals surface area contributed by atoms with Crippen molar-refractivity contribution in [2.24, 2.45) is 0 Å². The Morgan fingerprint density at radius 2 is 1.29 bits per heavy atom. The molecule has 5 nitrogen and oxygen atoms in total. The molecule has 0 amide bonds. The van der Waals surface area contributed by atoms with Crippen LogP contribution in [0.5, 0.6) is 5.75 Å². The fourth-order valence-electron chi connectivity index (χ4n) is 9.03. The van der Waals surface area contributed by atoms with Gasteiger partial charge in [0.2, 0.25) is 0 Å². The van der Waals surface area contributed by atoms with Gasteiger partial charge in [-0.05, 0) is 95.3 Å². The topological polar surface area (TPSA) is 64.1 Å². The van der Waals surface area contributed by atoms with Gasteiger partial charge in [0.15, 0.2) is 0 Å². The van der Waals surface area contributed by atoms with E-state index in [0.29, 0.717) is 33.7 Å². The number of phenols is 1. The molecule has 3 heterocycles. The molecule has 0 radical (unpaired) electrons. The summed E-state index contributed by atoms with van der Waals surface area (Å²) in [5.41, 5.74) is 13.8. The first-order valence-corrected chi connectivity index (χ1v) is 21.1. The van der Waals surface area contributed by atoms with E-state index in [9.17, 15) is 5.11 Å². The number of imidazole rings is 1. The van der Waals surface area contributed by atoms with Crippen molar-refractivity contribution in [2.75, 3.05) is 0 Å². The molecule has 3 aromatic heterocycles. The number of para-hydroxylation sites is 3. The maximum Gasteiger partial charge on any atom is 0.149 e. The second-order valence-electron chi connectivity index (χ2n) is 16.6. The molecular weight excluding hydrogens is 771 g/mol. The Morgan fingerprint density at radius 3 is 2.10 bits per heavy atom. The Morgan fingerprint density at radius 1 is 0.556 bits per heavy atom. The fourth-order valence-corrected chi connectivity index (χ4v) is 9.03. The molecule has 0 bridgehead atoms. The molecule has 1 N–H and O–H groups in total. The van der Waals surface area contributed by atoms with Crippen molar-refractivity contribution >= 4 is 33.0 Å². The number of rotatable bonds is 8. The third kappa shape index (κ3) is 6.57. The van der Waals surface area contributed by atoms with Crippen LogP contribution < -0.4 is 0 Å². The van der Waals surface area contributed by atoms with Gasteiger partial charge in [-0.2, -0.15) is 0 Å². The lowest BCUT2D eigenvalue weighted by molar-refractivity contribution is 0.477. The van der Waals surface area contributed by atoms with E-state index in [4.69, 9.17) is 18.5 Å². The van der Waals surface area contributed by atoms with Crippen LogP contribution in [-0.2, 0) is 5.41 Å². The number of benzene rings is 8. The van der Waals surface area contributed by atoms with Gasteiger partial charge in [0, 0.05) is 48.8 Å². The standard InChI is InChI=1S/C58H43N3O2/c1-37-25-30-51(47(33-37)39-15-6-4-7-16-39)61-52-22-14-21-45(55(52)60-57(61)46-20-10-12-23-53(46)62)49-35-41(34-48-44-19-11-13-24-54(44)63-56(48)49)50-36-40(31-32-59-50)38-26-28-43(29-27-38)58(2,3)42-17-8-5-9-18-42/h4-36,62H,1-3H3/i1D3. The first kappa shape index (κ1) is 34.7. The van der Waals surface area contributed by atoms with Gasteiger partial charge in [-0.1, -0.05) is 153 Å². The molecule has 0 aliphatic heterocycles. The summed E-state index contributed by atoms with van der Waals surface area (Å²) < 4.78 is 33.7. The summed E-state index contributed by atoms with van der Waals surface area (Å²) in [7, 11) is 0. The van der Waals surface area contributed by atoms with Crippen molar-refractivity contribution in [3.05, 3.63) is 217 Å². The Kier molecular flexibility index (Phi) is 8.34. The average molecular weight is 817 g/mol. The van der Waals surface area contributed by atoms with Crippen molar-refractivity contribution in [3.8, 4) is 67.5 Å². The zero-order valence-electron chi connectivity index (χ0n) is 37.7. The predicted molar refractivity (Wildman–Crippen MR) is 258 cm³/mol. The molecule has 0 aliphatic carbocycles. The summed E-state index contributed by atoms with van der Waals surface area (Å²) in [6.45, 7) is 2.19. The number of fused-ring (bicyclic) bond motifs is 4. The number of hydrogen-bond acceptors (Lipinski definition) is 4. The monoisotopic (exact) mass is 816 g/mol. The first-order valence-electron chi connectivity index (χ1n) is 22.6. The van der Waals surface area contributed by atoms with Gasteiger partial charge >= 0.3 is 0 Å². The van der Waals surface area contributed by atoms with Gasteiger partial charge in [0.25, 0.3) is 0 Å². The van der Waals surface area contributed by atoms with Crippen molar-refractivity contribution in [3.63, 3.8) is 0 Å². The number of hydrogen-bond donors (Lipinski definition) is 1. The van der Waals surface area contributed by atoms with Gasteiger partial charge in [0.05, 0.1) is 28.0 Å². The van der Waals surface area contributed by atoms with Crippen LogP contribution in [0, 0.1) is 6.85 Å². The van der Waals surface area contributed by atoms with E-state index >= 15 is 0 Å². The molecule has 302 valence electrons. The second kappa shape index (κ2) is 15.2. The van der Waals surface area contributed by atoms with Crippen molar-refractivity contribution in [2.45, 2.75) is 26.1 Å². The molecular formula is C58H43N3O2. The lowest BCUT2D eigenvalue weighted by Crippen LogP contribution is -2.18. The van der Waals surface area contributed by atoms with Gasteiger partial charge in [-0.3, -0.25) is 9.55 Å². The highest BCUT2D eigenvalue weighted by Crippen LogP contribution is 2.44. The fraction of sp³-hybridized carbons (Fsp3) is 0.0690. The largest absolute Gasteiger partial charge is 0.507 e. The van der Waals surface area contributed by atoms with E-state index in [1.807, 2.05) is 89.6 Å². The maximum absolute atomic E-state index is 11.4. The van der Waals surface area contributed by atoms with Gasteiger partial charge in [-0.15, -0.1) is 0 Å². The van der Waals surface area contributed by atoms with Crippen LogP contribution >= 0.6 is 0 Å². The van der Waals surface area contributed by atoms with E-state index in [1.165, 1.54) is 11.1 Å². The predicted octanol–water partition coefficient (Wildman–Crippen LogP) is 15.0. The normalized spacial score (nSPS) is 12.7. The number of phenolic OH excluding ortho intramolecular Hbond substituents is 1. The quantitative estimate of drug-likeness (QED) is 0.166. The molecule has 0 saturated carbocycles. The number of furan rings is 1. The molecule has 63 heavy (non-hydrogen) atoms. The maximum atomic E-state index is 11.4. The summed E-state index contributed by atoms with van der Waals surface area (Å²) in [5, 5.41) is 13.3. The molecule has 5 heteroatoms. The molecule has 0 atom stereocenters. The summed E-state index contributed by atoms with van der Waals surface area (Å²) in [4.78, 5) is 10.3. The van der Waals surface area contributed by atoms with E-state index in [0.717, 1.165) is 60.9 Å². The summed E-state index contributed by atoms with van der Waals surface area (Å²) in [6.07, 6.45) is 1.87. The zero-order valence-corrected chi connectivity index (χ0v) is 34.7. The SMILES string of the molecule is [2H]C([2H])([2H])c1ccc(-n2c(-c3ccccc3O)nc3c(-c4cc(-c5cc(-c6ccc(C(C)(C)c7ccccc7)cc6)ccn5)cc5c4oc4ccccc45)cccc32)c(-c2ccccc2)c1. The Hall–Kier alpha value is -8.02. The van der Waals surface area contributed by atoms with Crippen molar-refractivity contribution < 1.29 is 13.6 Å². The number of aromatic nitrogens is 3. The van der Waals surface area contributed by atoms with E-state index in [1.54, 1.807) is 24.3 Å². The molecule has 8 aromatic carbocycles. The van der Waals surface area contributed by atoms with Crippen LogP contribution in [0.4, 0.5) is 0 Å². The summed E-state index contributed by atoms with van der Waals surface area (Å²) in [6, 6.07) is 64.2. The average Bonchev–Trinajstić information content (AvgIpc) is 3.93. The van der Waals surface area contributed by atoms with Crippen LogP contribution in [0.2, 0.25) is 0 Å². The van der Waals surface area contributed by atoms with Gasteiger partial charge in [0.1, 0.15) is 22.7 Å². The Balaban J connectivity index is 1.11. The van der Waals surface area contributed by atoms with Crippen LogP contribution in [-0.4, -0.2) is 19.6 Å². The lowest BCUT2D eigenvalue weighted by Gasteiger charge is -2.26. The summed E-state index contributed by atoms with van der Waals surface area (Å²) >= 11 is 0. The number of aromatic hydroxyl groups is 1. The minimum absolute atomic E-state index is 0.0677. The van der Waals surface area contributed by atoms with E-state index < -0.39 is 6.85 Å². The number of pyridine rings is 1. The third-order valence-corrected chi connectivity index (χ3v) is 12.4. The minimum Gasteiger partial charge on any atom is -0.507 e. The highest BCUT2D eigenvalue weighted by atomic mass is 16.3. The first-order chi connectivity index (χ1) is 32.0. The number of aryl methyl sites for hydroxylation is 1. The minimum atomic E-state index is -2.32. The summed E-state index contributed by atoms with van der Waals surface area (Å²) in [5.74, 6) is 0.567. The Labute approximate surface area is 370 Å². The van der Waals surface area contributed by atoms with E-state index in [-0.39, 0.29) is 16.7 Å². The Bertz CT molecular complexity index is 3610. The third-order valence-electron chi connectivity index (χ3n) is 12.4. The molecule has 11 aromatic rings. The second-order valence-corrected chi connectivity index (χ2v) is 16.6. The number of nitrogens with zero attached hydrogens (tertiary/aromatic N) is 3. The van der Waals surface area contributed by atoms with Crippen LogP contribution in [0.1, 0.15) is 34.7 Å². The highest BCUT2D eigenvalue weighted by molar-refractivity contribution is 6.13. The smallest absolute Gasteiger partial charge is 0.149 e. The molecule has 11 rings (SSSR count). The van der Waals surface area contributed by atoms with E-state index in [2.05, 4.69) is 105 Å². The molecule has 0 fully saturated rings. The lowest BCUT2D eigenvalue weighted by atomic mass is 9.78. The zero-order chi connectivity index (χ0) is 45.2. The van der Waals surface area contributed by atoms with Gasteiger partial charge in [-0.25, -0.2) is 4.98 Å². The van der Waals surface area contributed by atoms with Gasteiger partial charge < -0.3 is 9.52 Å². The molecule has 0 aliphatic rings. The molecule has 0 unspecified atom stereocenters.